The number of hydrogen-bond acceptors (Lipinski definition) is 5. The van der Waals surface area contributed by atoms with Crippen molar-refractivity contribution in [3.05, 3.63) is 0 Å². The molecule has 0 aromatic heterocycles. The number of hydrogen-bond donors (Lipinski definition) is 2. The summed E-state index contributed by atoms with van der Waals surface area (Å²) >= 11 is 1.23. The molecule has 1 saturated heterocycles. The van der Waals surface area contributed by atoms with Crippen LogP contribution >= 0.6 is 11.8 Å². The van der Waals surface area contributed by atoms with Crippen LogP contribution in [0.15, 0.2) is 0 Å². The summed E-state index contributed by atoms with van der Waals surface area (Å²) in [4.78, 5) is 23.8. The van der Waals surface area contributed by atoms with Gasteiger partial charge in [0.05, 0.1) is 12.7 Å². The molecule has 16 heavy (non-hydrogen) atoms. The fourth-order valence-corrected chi connectivity index (χ4v) is 2.38. The summed E-state index contributed by atoms with van der Waals surface area (Å²) in [6.07, 6.45) is -0.443. The monoisotopic (exact) mass is 247 g/mol. The first-order valence-electron chi connectivity index (χ1n) is 5.23. The molecule has 0 aromatic carbocycles. The van der Waals surface area contributed by atoms with Gasteiger partial charge in [-0.1, -0.05) is 11.8 Å². The number of thioether (sulfide) groups is 1. The highest BCUT2D eigenvalue weighted by Crippen LogP contribution is 2.22. The van der Waals surface area contributed by atoms with E-state index in [2.05, 4.69) is 0 Å². The summed E-state index contributed by atoms with van der Waals surface area (Å²) < 4.78 is 0. The van der Waals surface area contributed by atoms with Gasteiger partial charge in [0.1, 0.15) is 0 Å². The van der Waals surface area contributed by atoms with E-state index in [0.717, 1.165) is 0 Å². The molecule has 0 saturated carbocycles. The Morgan fingerprint density at radius 1 is 1.69 bits per heavy atom. The lowest BCUT2D eigenvalue weighted by molar-refractivity contribution is -0.129. The molecule has 92 valence electrons. The second kappa shape index (κ2) is 6.22. The van der Waals surface area contributed by atoms with Crippen LogP contribution in [0.5, 0.6) is 0 Å². The molecule has 2 atom stereocenters. The van der Waals surface area contributed by atoms with Crippen molar-refractivity contribution in [2.75, 3.05) is 25.4 Å². The summed E-state index contributed by atoms with van der Waals surface area (Å²) in [6.45, 7) is 1.91. The molecule has 1 aliphatic heterocycles. The number of aliphatic hydroxyl groups is 2. The summed E-state index contributed by atoms with van der Waals surface area (Å²) in [5.74, 6) is 0.807. The van der Waals surface area contributed by atoms with Gasteiger partial charge in [-0.3, -0.25) is 9.59 Å². The maximum atomic E-state index is 11.5. The molecule has 1 unspecified atom stereocenters. The molecule has 0 aliphatic carbocycles. The second-order valence-electron chi connectivity index (χ2n) is 4.01. The number of likely N-dealkylation sites (tertiary alicyclic amines) is 1. The number of nitrogens with zero attached hydrogens (tertiary/aromatic N) is 1. The van der Waals surface area contributed by atoms with E-state index in [1.807, 2.05) is 0 Å². The molecule has 0 aromatic rings. The largest absolute Gasteiger partial charge is 0.394 e. The number of rotatable bonds is 5. The molecular formula is C10H17NO4S. The first-order valence-corrected chi connectivity index (χ1v) is 6.21. The fourth-order valence-electron chi connectivity index (χ4n) is 1.69. The van der Waals surface area contributed by atoms with Crippen molar-refractivity contribution in [2.24, 2.45) is 5.92 Å². The number of aliphatic hydroxyl groups excluding tert-OH is 2. The van der Waals surface area contributed by atoms with Gasteiger partial charge in [-0.05, 0) is 5.92 Å². The molecule has 1 rings (SSSR count). The normalized spacial score (nSPS) is 22.6. The minimum atomic E-state index is -0.872. The van der Waals surface area contributed by atoms with Gasteiger partial charge in [0, 0.05) is 32.2 Å². The zero-order valence-corrected chi connectivity index (χ0v) is 10.1. The van der Waals surface area contributed by atoms with Crippen LogP contribution in [-0.4, -0.2) is 57.7 Å². The lowest BCUT2D eigenvalue weighted by Crippen LogP contribution is -2.35. The van der Waals surface area contributed by atoms with Crippen molar-refractivity contribution >= 4 is 22.8 Å². The van der Waals surface area contributed by atoms with Crippen LogP contribution < -0.4 is 0 Å². The highest BCUT2D eigenvalue weighted by atomic mass is 32.2. The molecule has 6 heteroatoms. The average Bonchev–Trinajstić information content (AvgIpc) is 2.56. The predicted molar refractivity (Wildman–Crippen MR) is 60.9 cm³/mol. The molecule has 1 heterocycles. The molecule has 0 radical (unpaired) electrons. The van der Waals surface area contributed by atoms with E-state index in [0.29, 0.717) is 18.7 Å². The Bertz CT molecular complexity index is 272. The first-order chi connectivity index (χ1) is 7.52. The first kappa shape index (κ1) is 13.5. The van der Waals surface area contributed by atoms with Gasteiger partial charge >= 0.3 is 0 Å². The van der Waals surface area contributed by atoms with Crippen LogP contribution in [0, 0.1) is 5.92 Å². The van der Waals surface area contributed by atoms with Crippen molar-refractivity contribution < 1.29 is 19.8 Å². The summed E-state index contributed by atoms with van der Waals surface area (Å²) in [6, 6.07) is 0. The van der Waals surface area contributed by atoms with E-state index in [1.165, 1.54) is 18.7 Å². The van der Waals surface area contributed by atoms with Crippen molar-refractivity contribution in [3.63, 3.8) is 0 Å². The van der Waals surface area contributed by atoms with Crippen LogP contribution in [0.4, 0.5) is 0 Å². The van der Waals surface area contributed by atoms with Crippen molar-refractivity contribution in [3.8, 4) is 0 Å². The number of carbonyl (C=O) groups excluding carboxylic acids is 2. The third-order valence-corrected chi connectivity index (χ3v) is 3.50. The highest BCUT2D eigenvalue weighted by Gasteiger charge is 2.30. The average molecular weight is 247 g/mol. The minimum absolute atomic E-state index is 0.0124. The molecule has 0 spiro atoms. The fraction of sp³-hybridized carbons (Fsp3) is 0.800. The molecule has 0 bridgehead atoms. The van der Waals surface area contributed by atoms with E-state index in [1.54, 1.807) is 4.90 Å². The van der Waals surface area contributed by atoms with Crippen LogP contribution in [0.2, 0.25) is 0 Å². The molecule has 1 amide bonds. The number of amides is 1. The second-order valence-corrected chi connectivity index (χ2v) is 5.20. The van der Waals surface area contributed by atoms with E-state index in [9.17, 15) is 14.7 Å². The third-order valence-electron chi connectivity index (χ3n) is 2.46. The van der Waals surface area contributed by atoms with Gasteiger partial charge in [-0.25, -0.2) is 0 Å². The molecule has 5 nitrogen and oxygen atoms in total. The van der Waals surface area contributed by atoms with E-state index < -0.39 is 6.10 Å². The number of β-amino-alcohol motifs (C(OH)–C–C–N with tert-alkyl or cyclic N) is 1. The Hall–Kier alpha value is -0.590. The van der Waals surface area contributed by atoms with E-state index >= 15 is 0 Å². The van der Waals surface area contributed by atoms with Crippen LogP contribution in [-0.2, 0) is 9.59 Å². The molecule has 1 fully saturated rings. The van der Waals surface area contributed by atoms with Crippen LogP contribution in [0.1, 0.15) is 13.3 Å². The van der Waals surface area contributed by atoms with Gasteiger partial charge in [0.25, 0.3) is 0 Å². The van der Waals surface area contributed by atoms with E-state index in [-0.39, 0.29) is 30.1 Å². The van der Waals surface area contributed by atoms with Gasteiger partial charge in [0.15, 0.2) is 5.12 Å². The zero-order valence-electron chi connectivity index (χ0n) is 9.26. The maximum absolute atomic E-state index is 11.5. The lowest BCUT2D eigenvalue weighted by Gasteiger charge is -2.19. The molecule has 1 aliphatic rings. The van der Waals surface area contributed by atoms with Crippen molar-refractivity contribution in [1.29, 1.82) is 0 Å². The smallest absolute Gasteiger partial charge is 0.223 e. The van der Waals surface area contributed by atoms with Gasteiger partial charge in [-0.2, -0.15) is 0 Å². The Balaban J connectivity index is 2.35. The maximum Gasteiger partial charge on any atom is 0.223 e. The summed E-state index contributed by atoms with van der Waals surface area (Å²) in [7, 11) is 0. The molecule has 2 N–H and O–H groups in total. The van der Waals surface area contributed by atoms with Crippen molar-refractivity contribution in [1.82, 2.24) is 4.90 Å². The van der Waals surface area contributed by atoms with Gasteiger partial charge < -0.3 is 15.1 Å². The Kier molecular flexibility index (Phi) is 5.24. The quantitative estimate of drug-likeness (QED) is 0.683. The SMILES string of the molecule is CC(=O)SCC1CC(=O)N(C[C@@H](O)CO)C1. The van der Waals surface area contributed by atoms with Crippen LogP contribution in [0.25, 0.3) is 0 Å². The lowest BCUT2D eigenvalue weighted by atomic mass is 10.1. The van der Waals surface area contributed by atoms with Gasteiger partial charge in [0.2, 0.25) is 5.91 Å². The zero-order chi connectivity index (χ0) is 12.1. The Morgan fingerprint density at radius 3 is 2.94 bits per heavy atom. The predicted octanol–water partition coefficient (Wildman–Crippen LogP) is -0.532. The Morgan fingerprint density at radius 2 is 2.38 bits per heavy atom. The molecular weight excluding hydrogens is 230 g/mol. The van der Waals surface area contributed by atoms with Crippen molar-refractivity contribution in [2.45, 2.75) is 19.4 Å². The van der Waals surface area contributed by atoms with Gasteiger partial charge in [-0.15, -0.1) is 0 Å². The third kappa shape index (κ3) is 4.11. The summed E-state index contributed by atoms with van der Waals surface area (Å²) in [5.41, 5.74) is 0. The number of carbonyl (C=O) groups is 2. The standard InChI is InChI=1S/C10H17NO4S/c1-7(13)16-6-8-2-10(15)11(3-8)4-9(14)5-12/h8-9,12,14H,2-6H2,1H3/t8?,9-/m1/s1. The van der Waals surface area contributed by atoms with Crippen LogP contribution in [0.3, 0.4) is 0 Å². The summed E-state index contributed by atoms with van der Waals surface area (Å²) in [5, 5.41) is 18.0. The minimum Gasteiger partial charge on any atom is -0.394 e. The highest BCUT2D eigenvalue weighted by molar-refractivity contribution is 8.13. The Labute approximate surface area is 98.8 Å². The topological polar surface area (TPSA) is 77.8 Å². The van der Waals surface area contributed by atoms with E-state index in [4.69, 9.17) is 5.11 Å².